The predicted octanol–water partition coefficient (Wildman–Crippen LogP) is 3.52. The van der Waals surface area contributed by atoms with Crippen LogP contribution in [0.2, 0.25) is 0 Å². The van der Waals surface area contributed by atoms with E-state index in [4.69, 9.17) is 27.8 Å². The number of unbranched alkanes of at least 4 members (excludes halogenated alkanes) is 1. The average molecular weight is 369 g/mol. The van der Waals surface area contributed by atoms with Gasteiger partial charge in [-0.3, -0.25) is 0 Å². The monoisotopic (exact) mass is 368 g/mol. The van der Waals surface area contributed by atoms with E-state index in [1.54, 1.807) is 18.9 Å². The van der Waals surface area contributed by atoms with Gasteiger partial charge >= 0.3 is 0 Å². The topological polar surface area (TPSA) is 85.7 Å². The zero-order chi connectivity index (χ0) is 17.7. The van der Waals surface area contributed by atoms with Crippen LogP contribution in [-0.4, -0.2) is 18.7 Å². The number of benzene rings is 1. The number of aliphatic imine (C=N–C) groups is 1. The first kappa shape index (κ1) is 19.0. The molecule has 1 aliphatic heterocycles. The number of allylic oxidation sites excluding steroid dienone is 1. The van der Waals surface area contributed by atoms with E-state index in [0.29, 0.717) is 11.8 Å². The van der Waals surface area contributed by atoms with Crippen LogP contribution in [0.5, 0.6) is 5.75 Å². The van der Waals surface area contributed by atoms with Crippen molar-refractivity contribution in [3.05, 3.63) is 34.4 Å². The van der Waals surface area contributed by atoms with Crippen molar-refractivity contribution in [3.63, 3.8) is 0 Å². The second-order valence-corrected chi connectivity index (χ2v) is 7.14. The number of hydrogen-bond acceptors (Lipinski definition) is 6. The van der Waals surface area contributed by atoms with Crippen molar-refractivity contribution in [2.75, 3.05) is 7.11 Å². The van der Waals surface area contributed by atoms with Gasteiger partial charge in [0.05, 0.1) is 16.9 Å². The molecule has 0 amide bonds. The SMILES string of the molecule is CCCCC1(N)N=C(N)NC(C)=C1Sc1cc(CCl)ccc1OC. The smallest absolute Gasteiger partial charge is 0.195 e. The molecule has 7 heteroatoms. The van der Waals surface area contributed by atoms with Crippen molar-refractivity contribution < 1.29 is 4.74 Å². The minimum absolute atomic E-state index is 0.358. The first-order valence-corrected chi connectivity index (χ1v) is 9.32. The van der Waals surface area contributed by atoms with Gasteiger partial charge in [0, 0.05) is 11.6 Å². The summed E-state index contributed by atoms with van der Waals surface area (Å²) in [5.41, 5.74) is 13.7. The summed E-state index contributed by atoms with van der Waals surface area (Å²) in [5, 5.41) is 3.09. The van der Waals surface area contributed by atoms with Crippen LogP contribution in [0.25, 0.3) is 0 Å². The number of alkyl halides is 1. The number of ether oxygens (including phenoxy) is 1. The summed E-state index contributed by atoms with van der Waals surface area (Å²) in [6.07, 6.45) is 2.76. The maximum Gasteiger partial charge on any atom is 0.195 e. The van der Waals surface area contributed by atoms with Gasteiger partial charge in [0.1, 0.15) is 11.4 Å². The molecule has 0 aromatic heterocycles. The fraction of sp³-hybridized carbons (Fsp3) is 0.471. The number of nitrogens with one attached hydrogen (secondary N) is 1. The summed E-state index contributed by atoms with van der Waals surface area (Å²) in [6.45, 7) is 4.10. The Bertz CT molecular complexity index is 662. The molecular formula is C17H25ClN4OS. The zero-order valence-corrected chi connectivity index (χ0v) is 15.9. The number of guanidine groups is 1. The second kappa shape index (κ2) is 8.14. The van der Waals surface area contributed by atoms with E-state index < -0.39 is 5.66 Å². The molecule has 0 aliphatic carbocycles. The molecule has 0 bridgehead atoms. The highest BCUT2D eigenvalue weighted by atomic mass is 35.5. The first-order chi connectivity index (χ1) is 11.4. The van der Waals surface area contributed by atoms with Crippen molar-refractivity contribution in [3.8, 4) is 5.75 Å². The van der Waals surface area contributed by atoms with E-state index in [2.05, 4.69) is 17.2 Å². The minimum Gasteiger partial charge on any atom is -0.496 e. The third-order valence-corrected chi connectivity index (χ3v) is 5.59. The highest BCUT2D eigenvalue weighted by Gasteiger charge is 2.35. The van der Waals surface area contributed by atoms with Crippen molar-refractivity contribution in [2.45, 2.75) is 49.5 Å². The van der Waals surface area contributed by atoms with E-state index in [9.17, 15) is 0 Å². The molecule has 1 heterocycles. The van der Waals surface area contributed by atoms with E-state index in [-0.39, 0.29) is 0 Å². The molecule has 0 fully saturated rings. The predicted molar refractivity (Wildman–Crippen MR) is 102 cm³/mol. The number of halogens is 1. The lowest BCUT2D eigenvalue weighted by atomic mass is 10.0. The standard InChI is InChI=1S/C17H25ClN4OS/c1-4-5-8-17(20)15(11(2)21-16(19)22-17)24-14-9-12(10-18)6-7-13(14)23-3/h6-7,9H,4-5,8,10,20H2,1-3H3,(H3,19,21,22). The van der Waals surface area contributed by atoms with Crippen molar-refractivity contribution in [2.24, 2.45) is 16.5 Å². The summed E-state index contributed by atoms with van der Waals surface area (Å²) >= 11 is 7.53. The Hall–Kier alpha value is -1.37. The van der Waals surface area contributed by atoms with Gasteiger partial charge in [-0.05, 0) is 37.5 Å². The lowest BCUT2D eigenvalue weighted by Gasteiger charge is -2.34. The molecular weight excluding hydrogens is 344 g/mol. The van der Waals surface area contributed by atoms with Gasteiger partial charge in [-0.25, -0.2) is 4.99 Å². The summed E-state index contributed by atoms with van der Waals surface area (Å²) < 4.78 is 5.48. The number of hydrogen-bond donors (Lipinski definition) is 3. The molecule has 1 atom stereocenters. The maximum absolute atomic E-state index is 6.63. The summed E-state index contributed by atoms with van der Waals surface area (Å²) in [5.74, 6) is 1.59. The normalized spacial score (nSPS) is 20.6. The molecule has 0 saturated carbocycles. The largest absolute Gasteiger partial charge is 0.496 e. The Labute approximate surface area is 152 Å². The number of rotatable bonds is 7. The quantitative estimate of drug-likeness (QED) is 0.641. The second-order valence-electron chi connectivity index (χ2n) is 5.82. The number of methoxy groups -OCH3 is 1. The van der Waals surface area contributed by atoms with Gasteiger partial charge in [0.2, 0.25) is 0 Å². The maximum atomic E-state index is 6.63. The van der Waals surface area contributed by atoms with Crippen LogP contribution in [-0.2, 0) is 5.88 Å². The van der Waals surface area contributed by atoms with Crippen LogP contribution >= 0.6 is 23.4 Å². The van der Waals surface area contributed by atoms with Gasteiger partial charge < -0.3 is 21.5 Å². The molecule has 1 unspecified atom stereocenters. The average Bonchev–Trinajstić information content (AvgIpc) is 2.56. The van der Waals surface area contributed by atoms with Gasteiger partial charge in [-0.2, -0.15) is 0 Å². The lowest BCUT2D eigenvalue weighted by Crippen LogP contribution is -2.49. The Balaban J connectivity index is 2.40. The molecule has 2 rings (SSSR count). The van der Waals surface area contributed by atoms with Crippen LogP contribution in [0.4, 0.5) is 0 Å². The highest BCUT2D eigenvalue weighted by molar-refractivity contribution is 8.03. The molecule has 1 aromatic rings. The van der Waals surface area contributed by atoms with Crippen LogP contribution < -0.4 is 21.5 Å². The Morgan fingerprint density at radius 3 is 2.79 bits per heavy atom. The van der Waals surface area contributed by atoms with Gasteiger partial charge in [0.15, 0.2) is 5.96 Å². The van der Waals surface area contributed by atoms with Crippen LogP contribution in [0.3, 0.4) is 0 Å². The highest BCUT2D eigenvalue weighted by Crippen LogP contribution is 2.43. The minimum atomic E-state index is -0.817. The molecule has 0 saturated heterocycles. The van der Waals surface area contributed by atoms with E-state index in [0.717, 1.165) is 46.1 Å². The molecule has 5 nitrogen and oxygen atoms in total. The summed E-state index contributed by atoms with van der Waals surface area (Å²) in [4.78, 5) is 6.41. The molecule has 1 aliphatic rings. The van der Waals surface area contributed by atoms with E-state index in [1.165, 1.54) is 0 Å². The fourth-order valence-corrected chi connectivity index (χ4v) is 4.02. The number of nitrogens with two attached hydrogens (primary N) is 2. The third kappa shape index (κ3) is 4.18. The summed E-state index contributed by atoms with van der Waals surface area (Å²) in [7, 11) is 1.66. The van der Waals surface area contributed by atoms with Crippen molar-refractivity contribution >= 4 is 29.3 Å². The van der Waals surface area contributed by atoms with E-state index >= 15 is 0 Å². The molecule has 24 heavy (non-hydrogen) atoms. The van der Waals surface area contributed by atoms with Gasteiger partial charge in [0.25, 0.3) is 0 Å². The fourth-order valence-electron chi connectivity index (χ4n) is 2.64. The number of thioether (sulfide) groups is 1. The molecule has 132 valence electrons. The van der Waals surface area contributed by atoms with Gasteiger partial charge in [-0.15, -0.1) is 11.6 Å². The lowest BCUT2D eigenvalue weighted by molar-refractivity contribution is 0.404. The van der Waals surface area contributed by atoms with Crippen molar-refractivity contribution in [1.82, 2.24) is 5.32 Å². The Morgan fingerprint density at radius 2 is 2.17 bits per heavy atom. The van der Waals surface area contributed by atoms with E-state index in [1.807, 2.05) is 25.1 Å². The Kier molecular flexibility index (Phi) is 6.43. The molecule has 0 radical (unpaired) electrons. The van der Waals surface area contributed by atoms with Crippen LogP contribution in [0.1, 0.15) is 38.7 Å². The molecule has 1 aromatic carbocycles. The zero-order valence-electron chi connectivity index (χ0n) is 14.4. The Morgan fingerprint density at radius 1 is 1.42 bits per heavy atom. The summed E-state index contributed by atoms with van der Waals surface area (Å²) in [6, 6.07) is 5.91. The molecule has 5 N–H and O–H groups in total. The first-order valence-electron chi connectivity index (χ1n) is 7.96. The van der Waals surface area contributed by atoms with Crippen LogP contribution in [0.15, 0.2) is 38.7 Å². The third-order valence-electron chi connectivity index (χ3n) is 3.88. The van der Waals surface area contributed by atoms with Crippen LogP contribution in [0, 0.1) is 0 Å². The molecule has 0 spiro atoms. The van der Waals surface area contributed by atoms with Crippen molar-refractivity contribution in [1.29, 1.82) is 0 Å². The number of nitrogens with zero attached hydrogens (tertiary/aromatic N) is 1. The van der Waals surface area contributed by atoms with Gasteiger partial charge in [-0.1, -0.05) is 31.2 Å².